The Labute approximate surface area is 101 Å². The average molecular weight is 235 g/mol. The van der Waals surface area contributed by atoms with E-state index in [0.29, 0.717) is 23.4 Å². The molecule has 0 aromatic carbocycles. The van der Waals surface area contributed by atoms with Crippen molar-refractivity contribution in [3.8, 4) is 0 Å². The molecule has 1 aliphatic heterocycles. The molecule has 1 atom stereocenters. The quantitative estimate of drug-likeness (QED) is 0.745. The van der Waals surface area contributed by atoms with Gasteiger partial charge in [0.15, 0.2) is 5.78 Å². The van der Waals surface area contributed by atoms with Gasteiger partial charge in [-0.1, -0.05) is 0 Å². The fraction of sp³-hybridized carbons (Fsp3) is 0.538. The van der Waals surface area contributed by atoms with E-state index in [9.17, 15) is 9.59 Å². The van der Waals surface area contributed by atoms with Crippen LogP contribution < -0.4 is 5.32 Å². The molecule has 1 N–H and O–H groups in total. The van der Waals surface area contributed by atoms with E-state index in [2.05, 4.69) is 5.32 Å². The zero-order valence-electron chi connectivity index (χ0n) is 10.2. The molecule has 0 aromatic heterocycles. The van der Waals surface area contributed by atoms with E-state index in [1.165, 1.54) is 6.08 Å². The number of allylic oxidation sites excluding steroid dienone is 3. The second kappa shape index (κ2) is 4.84. The first-order chi connectivity index (χ1) is 8.09. The molecule has 1 saturated heterocycles. The van der Waals surface area contributed by atoms with Gasteiger partial charge >= 0.3 is 0 Å². The third kappa shape index (κ3) is 2.47. The third-order valence-corrected chi connectivity index (χ3v) is 3.34. The molecule has 1 aliphatic carbocycles. The largest absolute Gasteiger partial charge is 0.379 e. The van der Waals surface area contributed by atoms with Crippen molar-refractivity contribution in [1.29, 1.82) is 0 Å². The van der Waals surface area contributed by atoms with E-state index in [1.807, 2.05) is 0 Å². The lowest BCUT2D eigenvalue weighted by atomic mass is 9.95. The Morgan fingerprint density at radius 3 is 2.76 bits per heavy atom. The van der Waals surface area contributed by atoms with Crippen molar-refractivity contribution in [2.24, 2.45) is 0 Å². The molecule has 0 saturated carbocycles. The normalized spacial score (nSPS) is 25.3. The van der Waals surface area contributed by atoms with Crippen LogP contribution >= 0.6 is 0 Å². The first-order valence-electron chi connectivity index (χ1n) is 5.93. The Balaban J connectivity index is 1.99. The van der Waals surface area contributed by atoms with Crippen molar-refractivity contribution < 1.29 is 14.3 Å². The highest BCUT2D eigenvalue weighted by Crippen LogP contribution is 2.17. The minimum absolute atomic E-state index is 0.0832. The smallest absolute Gasteiger partial charge is 0.205 e. The van der Waals surface area contributed by atoms with Gasteiger partial charge in [-0.25, -0.2) is 0 Å². The number of ether oxygens (including phenoxy) is 1. The molecule has 0 aromatic rings. The molecule has 92 valence electrons. The van der Waals surface area contributed by atoms with Gasteiger partial charge in [0.05, 0.1) is 11.8 Å². The summed E-state index contributed by atoms with van der Waals surface area (Å²) in [6, 6.07) is 0. The van der Waals surface area contributed by atoms with Crippen LogP contribution in [0.3, 0.4) is 0 Å². The van der Waals surface area contributed by atoms with Crippen LogP contribution in [0.5, 0.6) is 0 Å². The molecule has 2 rings (SSSR count). The number of ketones is 2. The van der Waals surface area contributed by atoms with Gasteiger partial charge in [-0.2, -0.15) is 0 Å². The van der Waals surface area contributed by atoms with Gasteiger partial charge in [-0.05, 0) is 26.7 Å². The van der Waals surface area contributed by atoms with E-state index < -0.39 is 0 Å². The van der Waals surface area contributed by atoms with Crippen molar-refractivity contribution >= 4 is 11.6 Å². The van der Waals surface area contributed by atoms with Gasteiger partial charge in [-0.3, -0.25) is 9.59 Å². The van der Waals surface area contributed by atoms with Crippen molar-refractivity contribution in [3.05, 3.63) is 22.9 Å². The summed E-state index contributed by atoms with van der Waals surface area (Å²) in [5.41, 5.74) is 1.47. The van der Waals surface area contributed by atoms with Crippen LogP contribution in [0.2, 0.25) is 0 Å². The highest BCUT2D eigenvalue weighted by Gasteiger charge is 2.24. The lowest BCUT2D eigenvalue weighted by Crippen LogP contribution is -2.32. The van der Waals surface area contributed by atoms with Crippen LogP contribution in [-0.2, 0) is 14.3 Å². The Morgan fingerprint density at radius 1 is 1.35 bits per heavy atom. The number of Topliss-reactive ketones (excluding diaryl/α,β-unsaturated/α-hetero) is 1. The van der Waals surface area contributed by atoms with Crippen molar-refractivity contribution in [1.82, 2.24) is 5.32 Å². The molecule has 2 aliphatic rings. The maximum Gasteiger partial charge on any atom is 0.205 e. The minimum atomic E-state index is -0.0862. The number of nitrogens with one attached hydrogen (secondary N) is 1. The fourth-order valence-corrected chi connectivity index (χ4v) is 2.02. The molecule has 17 heavy (non-hydrogen) atoms. The molecule has 4 heteroatoms. The van der Waals surface area contributed by atoms with Gasteiger partial charge in [0, 0.05) is 30.4 Å². The van der Waals surface area contributed by atoms with Gasteiger partial charge in [0.1, 0.15) is 0 Å². The van der Waals surface area contributed by atoms with Crippen LogP contribution in [0.15, 0.2) is 22.9 Å². The van der Waals surface area contributed by atoms with Crippen LogP contribution in [-0.4, -0.2) is 30.8 Å². The molecule has 0 radical (unpaired) electrons. The number of carbonyl (C=O) groups is 2. The number of hydrogen-bond acceptors (Lipinski definition) is 4. The maximum atomic E-state index is 11.9. The summed E-state index contributed by atoms with van der Waals surface area (Å²) < 4.78 is 5.46. The molecule has 1 heterocycles. The molecule has 4 nitrogen and oxygen atoms in total. The van der Waals surface area contributed by atoms with Gasteiger partial charge < -0.3 is 10.1 Å². The van der Waals surface area contributed by atoms with Crippen LogP contribution in [0.1, 0.15) is 26.7 Å². The molecule has 0 bridgehead atoms. The lowest BCUT2D eigenvalue weighted by Gasteiger charge is -2.17. The summed E-state index contributed by atoms with van der Waals surface area (Å²) in [6.07, 6.45) is 3.62. The molecule has 0 unspecified atom stereocenters. The predicted molar refractivity (Wildman–Crippen MR) is 63.4 cm³/mol. The van der Waals surface area contributed by atoms with Crippen molar-refractivity contribution in [2.75, 3.05) is 13.2 Å². The Bertz CT molecular complexity index is 414. The van der Waals surface area contributed by atoms with E-state index in [-0.39, 0.29) is 17.7 Å². The maximum absolute atomic E-state index is 11.9. The standard InChI is InChI=1S/C13H17NO3/c1-8-9(2)13(16)11(6-12(8)15)14-7-10-4-3-5-17-10/h6,10,14H,3-5,7H2,1-2H3/t10-/m0/s1. The second-order valence-corrected chi connectivity index (χ2v) is 4.52. The van der Waals surface area contributed by atoms with E-state index >= 15 is 0 Å². The van der Waals surface area contributed by atoms with Gasteiger partial charge in [0.25, 0.3) is 0 Å². The Morgan fingerprint density at radius 2 is 2.12 bits per heavy atom. The minimum Gasteiger partial charge on any atom is -0.379 e. The summed E-state index contributed by atoms with van der Waals surface area (Å²) in [5.74, 6) is -0.169. The Hall–Kier alpha value is -1.42. The first-order valence-corrected chi connectivity index (χ1v) is 5.93. The average Bonchev–Trinajstić information content (AvgIpc) is 2.82. The number of carbonyl (C=O) groups excluding carboxylic acids is 2. The second-order valence-electron chi connectivity index (χ2n) is 4.52. The first kappa shape index (κ1) is 12.0. The fourth-order valence-electron chi connectivity index (χ4n) is 2.02. The monoisotopic (exact) mass is 235 g/mol. The molecular weight excluding hydrogens is 218 g/mol. The summed E-state index contributed by atoms with van der Waals surface area (Å²) in [4.78, 5) is 23.5. The van der Waals surface area contributed by atoms with Crippen LogP contribution in [0.4, 0.5) is 0 Å². The topological polar surface area (TPSA) is 55.4 Å². The van der Waals surface area contributed by atoms with Crippen molar-refractivity contribution in [2.45, 2.75) is 32.8 Å². The predicted octanol–water partition coefficient (Wildman–Crippen LogP) is 1.13. The number of rotatable bonds is 3. The summed E-state index contributed by atoms with van der Waals surface area (Å²) in [7, 11) is 0. The SMILES string of the molecule is CC1=C(C)C(=O)C(NC[C@@H]2CCCO2)=CC1=O. The Kier molecular flexibility index (Phi) is 3.43. The zero-order chi connectivity index (χ0) is 12.4. The third-order valence-electron chi connectivity index (χ3n) is 3.34. The van der Waals surface area contributed by atoms with E-state index in [1.54, 1.807) is 13.8 Å². The van der Waals surface area contributed by atoms with Crippen molar-refractivity contribution in [3.63, 3.8) is 0 Å². The van der Waals surface area contributed by atoms with E-state index in [4.69, 9.17) is 4.74 Å². The summed E-state index contributed by atoms with van der Waals surface area (Å²) >= 11 is 0. The van der Waals surface area contributed by atoms with Gasteiger partial charge in [0.2, 0.25) is 5.78 Å². The van der Waals surface area contributed by atoms with Crippen LogP contribution in [0.25, 0.3) is 0 Å². The lowest BCUT2D eigenvalue weighted by molar-refractivity contribution is -0.116. The summed E-state index contributed by atoms with van der Waals surface area (Å²) in [6.45, 7) is 4.76. The molecule has 1 fully saturated rings. The van der Waals surface area contributed by atoms with E-state index in [0.717, 1.165) is 19.4 Å². The van der Waals surface area contributed by atoms with Gasteiger partial charge in [-0.15, -0.1) is 0 Å². The number of hydrogen-bond donors (Lipinski definition) is 1. The molecule has 0 spiro atoms. The highest BCUT2D eigenvalue weighted by atomic mass is 16.5. The molecule has 0 amide bonds. The zero-order valence-corrected chi connectivity index (χ0v) is 10.2. The molecular formula is C13H17NO3. The van der Waals surface area contributed by atoms with Crippen LogP contribution in [0, 0.1) is 0 Å². The summed E-state index contributed by atoms with van der Waals surface area (Å²) in [5, 5.41) is 3.03. The highest BCUT2D eigenvalue weighted by molar-refractivity contribution is 6.21.